The Hall–Kier alpha value is -2.67. The first-order chi connectivity index (χ1) is 11.3. The largest absolute Gasteiger partial charge is 0.478 e. The summed E-state index contributed by atoms with van der Waals surface area (Å²) in [7, 11) is -1.16. The fourth-order valence-corrected chi connectivity index (χ4v) is 3.42. The lowest BCUT2D eigenvalue weighted by Gasteiger charge is -2.02. The number of hydrogen-bond donors (Lipinski definition) is 3. The zero-order valence-electron chi connectivity index (χ0n) is 13.4. The molecule has 3 N–H and O–H groups in total. The summed E-state index contributed by atoms with van der Waals surface area (Å²) in [5.74, 6) is -1.28. The number of aryl methyl sites for hydroxylation is 1. The van der Waals surface area contributed by atoms with Gasteiger partial charge in [-0.1, -0.05) is 0 Å². The highest BCUT2D eigenvalue weighted by Crippen LogP contribution is 2.35. The number of aromatic amines is 1. The molecule has 1 aromatic carbocycles. The first-order valence-electron chi connectivity index (χ1n) is 7.23. The molecule has 1 amide bonds. The molecule has 2 heterocycles. The van der Waals surface area contributed by atoms with E-state index >= 15 is 0 Å². The van der Waals surface area contributed by atoms with Gasteiger partial charge >= 0.3 is 5.97 Å². The Labute approximate surface area is 141 Å². The van der Waals surface area contributed by atoms with Crippen molar-refractivity contribution in [1.82, 2.24) is 4.98 Å². The molecule has 0 radical (unpaired) electrons. The van der Waals surface area contributed by atoms with Crippen LogP contribution in [0, 0.1) is 13.8 Å². The second-order valence-corrected chi connectivity index (χ2v) is 7.02. The van der Waals surface area contributed by atoms with Gasteiger partial charge in [0.25, 0.3) is 5.91 Å². The minimum absolute atomic E-state index is 0.212. The van der Waals surface area contributed by atoms with Crippen LogP contribution in [0.2, 0.25) is 0 Å². The van der Waals surface area contributed by atoms with Gasteiger partial charge in [-0.25, -0.2) is 4.79 Å². The Balaban J connectivity index is 2.15. The van der Waals surface area contributed by atoms with E-state index in [-0.39, 0.29) is 11.5 Å². The molecule has 1 unspecified atom stereocenters. The Bertz CT molecular complexity index is 940. The summed E-state index contributed by atoms with van der Waals surface area (Å²) in [6, 6.07) is 5.16. The van der Waals surface area contributed by atoms with Crippen LogP contribution in [-0.2, 0) is 15.6 Å². The van der Waals surface area contributed by atoms with Crippen molar-refractivity contribution < 1.29 is 18.9 Å². The van der Waals surface area contributed by atoms with Crippen molar-refractivity contribution in [2.24, 2.45) is 0 Å². The van der Waals surface area contributed by atoms with Gasteiger partial charge in [0.1, 0.15) is 0 Å². The molecule has 2 aromatic rings. The summed E-state index contributed by atoms with van der Waals surface area (Å²) >= 11 is 0. The van der Waals surface area contributed by atoms with Crippen LogP contribution in [-0.4, -0.2) is 32.4 Å². The number of hydrogen-bond acceptors (Lipinski definition) is 3. The van der Waals surface area contributed by atoms with Crippen LogP contribution >= 0.6 is 0 Å². The number of benzene rings is 1. The number of carboxylic acid groups (broad SMARTS) is 1. The van der Waals surface area contributed by atoms with Crippen molar-refractivity contribution in [3.63, 3.8) is 0 Å². The molecule has 6 nitrogen and oxygen atoms in total. The molecule has 0 fully saturated rings. The molecule has 24 heavy (non-hydrogen) atoms. The zero-order valence-corrected chi connectivity index (χ0v) is 14.2. The molecule has 0 saturated carbocycles. The molecule has 0 saturated heterocycles. The van der Waals surface area contributed by atoms with Crippen LogP contribution in [0.1, 0.15) is 32.9 Å². The minimum atomic E-state index is -1.16. The minimum Gasteiger partial charge on any atom is -0.478 e. The fraction of sp³-hybridized carbons (Fsp3) is 0.176. The third kappa shape index (κ3) is 2.56. The van der Waals surface area contributed by atoms with Crippen LogP contribution in [0.4, 0.5) is 5.69 Å². The molecule has 0 aliphatic carbocycles. The quantitative estimate of drug-likeness (QED) is 0.745. The monoisotopic (exact) mass is 344 g/mol. The lowest BCUT2D eigenvalue weighted by Crippen LogP contribution is -2.03. The molecule has 7 heteroatoms. The summed E-state index contributed by atoms with van der Waals surface area (Å²) in [5.41, 5.74) is 3.63. The third-order valence-corrected chi connectivity index (χ3v) is 5.00. The maximum absolute atomic E-state index is 12.3. The van der Waals surface area contributed by atoms with Crippen LogP contribution in [0.5, 0.6) is 0 Å². The molecule has 1 aromatic heterocycles. The first-order valence-corrected chi connectivity index (χ1v) is 8.78. The summed E-state index contributed by atoms with van der Waals surface area (Å²) < 4.78 is 11.7. The molecule has 1 aliphatic heterocycles. The van der Waals surface area contributed by atoms with Gasteiger partial charge in [-0.2, -0.15) is 0 Å². The molecular formula is C17H16N2O4S. The number of carbonyl (C=O) groups excluding carboxylic acids is 1. The average molecular weight is 344 g/mol. The number of rotatable bonds is 3. The topological polar surface area (TPSA) is 99.3 Å². The van der Waals surface area contributed by atoms with Gasteiger partial charge in [-0.15, -0.1) is 0 Å². The average Bonchev–Trinajstić information content (AvgIpc) is 2.96. The Morgan fingerprint density at radius 3 is 2.58 bits per heavy atom. The van der Waals surface area contributed by atoms with Crippen molar-refractivity contribution in [3.05, 3.63) is 46.3 Å². The molecule has 3 rings (SSSR count). The lowest BCUT2D eigenvalue weighted by atomic mass is 10.0. The standard InChI is InChI=1S/C17H16N2O4S/c1-8-14(18-9(2)15(8)17(21)22)7-12-11-6-10(24(3)23)4-5-13(11)19-16(12)20/h4-7,18H,1-3H3,(H,19,20)(H,21,22)/b12-7-. The predicted molar refractivity (Wildman–Crippen MR) is 92.5 cm³/mol. The second kappa shape index (κ2) is 5.76. The van der Waals surface area contributed by atoms with Gasteiger partial charge in [0.05, 0.1) is 11.1 Å². The number of carboxylic acids is 1. The van der Waals surface area contributed by atoms with E-state index in [1.807, 2.05) is 0 Å². The van der Waals surface area contributed by atoms with Crippen molar-refractivity contribution in [2.45, 2.75) is 18.7 Å². The number of nitrogens with one attached hydrogen (secondary N) is 2. The van der Waals surface area contributed by atoms with Crippen molar-refractivity contribution >= 4 is 40.0 Å². The highest BCUT2D eigenvalue weighted by atomic mass is 32.2. The van der Waals surface area contributed by atoms with Crippen molar-refractivity contribution in [3.8, 4) is 0 Å². The predicted octanol–water partition coefficient (Wildman–Crippen LogP) is 2.56. The maximum atomic E-state index is 12.3. The van der Waals surface area contributed by atoms with Crippen LogP contribution in [0.3, 0.4) is 0 Å². The summed E-state index contributed by atoms with van der Waals surface area (Å²) in [6.45, 7) is 3.38. The number of H-pyrrole nitrogens is 1. The number of carbonyl (C=O) groups is 2. The van der Waals surface area contributed by atoms with E-state index in [2.05, 4.69) is 10.3 Å². The van der Waals surface area contributed by atoms with Crippen molar-refractivity contribution in [1.29, 1.82) is 0 Å². The molecule has 0 spiro atoms. The number of aromatic nitrogens is 1. The summed E-state index contributed by atoms with van der Waals surface area (Å²) in [6.07, 6.45) is 3.21. The van der Waals surface area contributed by atoms with Gasteiger partial charge in [0.15, 0.2) is 0 Å². The first kappa shape index (κ1) is 16.2. The number of amides is 1. The Kier molecular flexibility index (Phi) is 3.88. The molecule has 0 bridgehead atoms. The van der Waals surface area contributed by atoms with Crippen molar-refractivity contribution in [2.75, 3.05) is 11.6 Å². The fourth-order valence-electron chi connectivity index (χ4n) is 2.87. The van der Waals surface area contributed by atoms with Gasteiger partial charge < -0.3 is 15.4 Å². The van der Waals surface area contributed by atoms with Crippen LogP contribution < -0.4 is 5.32 Å². The summed E-state index contributed by atoms with van der Waals surface area (Å²) in [5, 5.41) is 12.0. The van der Waals surface area contributed by atoms with Crippen LogP contribution in [0.25, 0.3) is 11.6 Å². The molecule has 1 atom stereocenters. The highest BCUT2D eigenvalue weighted by Gasteiger charge is 2.26. The van der Waals surface area contributed by atoms with E-state index in [4.69, 9.17) is 0 Å². The number of anilines is 1. The number of fused-ring (bicyclic) bond motifs is 1. The molecule has 124 valence electrons. The third-order valence-electron chi connectivity index (χ3n) is 4.08. The van der Waals surface area contributed by atoms with E-state index in [1.165, 1.54) is 0 Å². The SMILES string of the molecule is Cc1[nH]c(/C=C2\C(=O)Nc3ccc(S(C)=O)cc32)c(C)c1C(=O)O. The van der Waals surface area contributed by atoms with E-state index in [0.29, 0.717) is 38.7 Å². The Morgan fingerprint density at radius 2 is 2.00 bits per heavy atom. The van der Waals surface area contributed by atoms with E-state index in [1.54, 1.807) is 44.4 Å². The normalized spacial score (nSPS) is 16.1. The lowest BCUT2D eigenvalue weighted by molar-refractivity contribution is -0.110. The van der Waals surface area contributed by atoms with Gasteiger partial charge in [0, 0.05) is 44.6 Å². The Morgan fingerprint density at radius 1 is 1.29 bits per heavy atom. The van der Waals surface area contributed by atoms with Gasteiger partial charge in [-0.3, -0.25) is 9.00 Å². The zero-order chi connectivity index (χ0) is 17.6. The summed E-state index contributed by atoms with van der Waals surface area (Å²) in [4.78, 5) is 27.2. The smallest absolute Gasteiger partial charge is 0.337 e. The van der Waals surface area contributed by atoms with Gasteiger partial charge in [-0.05, 0) is 43.7 Å². The van der Waals surface area contributed by atoms with E-state index < -0.39 is 16.8 Å². The highest BCUT2D eigenvalue weighted by molar-refractivity contribution is 7.84. The molecular weight excluding hydrogens is 328 g/mol. The number of aromatic carboxylic acids is 1. The van der Waals surface area contributed by atoms with Crippen LogP contribution in [0.15, 0.2) is 23.1 Å². The van der Waals surface area contributed by atoms with E-state index in [0.717, 1.165) is 0 Å². The maximum Gasteiger partial charge on any atom is 0.337 e. The second-order valence-electron chi connectivity index (χ2n) is 5.64. The van der Waals surface area contributed by atoms with Gasteiger partial charge in [0.2, 0.25) is 0 Å². The molecule has 1 aliphatic rings. The van der Waals surface area contributed by atoms with E-state index in [9.17, 15) is 18.9 Å².